The summed E-state index contributed by atoms with van der Waals surface area (Å²) in [4.78, 5) is 14.4. The first kappa shape index (κ1) is 10.2. The molecule has 0 aliphatic carbocycles. The molecule has 0 saturated carbocycles. The second-order valence-corrected chi connectivity index (χ2v) is 4.10. The molecule has 1 aliphatic rings. The summed E-state index contributed by atoms with van der Waals surface area (Å²) in [7, 11) is 0. The Balaban J connectivity index is 2.03. The van der Waals surface area contributed by atoms with Crippen molar-refractivity contribution in [1.29, 1.82) is 0 Å². The third-order valence-corrected chi connectivity index (χ3v) is 2.48. The van der Waals surface area contributed by atoms with Gasteiger partial charge in [-0.25, -0.2) is 4.79 Å². The van der Waals surface area contributed by atoms with Crippen LogP contribution in [0.25, 0.3) is 0 Å². The van der Waals surface area contributed by atoms with E-state index in [2.05, 4.69) is 22.0 Å². The molecule has 1 unspecified atom stereocenters. The van der Waals surface area contributed by atoms with Crippen molar-refractivity contribution in [3.8, 4) is 0 Å². The number of carbonyl (C=O) groups excluding carboxylic acids is 1. The third-order valence-electron chi connectivity index (χ3n) is 1.43. The molecule has 0 aromatic rings. The third kappa shape index (κ3) is 4.02. The average Bonchev–Trinajstić information content (AvgIpc) is 2.45. The van der Waals surface area contributed by atoms with Crippen molar-refractivity contribution < 1.29 is 9.53 Å². The van der Waals surface area contributed by atoms with Crippen molar-refractivity contribution in [1.82, 2.24) is 5.32 Å². The molecule has 1 atom stereocenters. The van der Waals surface area contributed by atoms with Crippen LogP contribution >= 0.6 is 11.8 Å². The van der Waals surface area contributed by atoms with Gasteiger partial charge < -0.3 is 15.8 Å². The molecule has 0 spiro atoms. The van der Waals surface area contributed by atoms with Crippen LogP contribution in [0.15, 0.2) is 4.99 Å². The summed E-state index contributed by atoms with van der Waals surface area (Å²) in [6, 6.07) is 0. The van der Waals surface area contributed by atoms with Gasteiger partial charge >= 0.3 is 6.09 Å². The Kier molecular flexibility index (Phi) is 3.88. The Morgan fingerprint density at radius 3 is 3.23 bits per heavy atom. The van der Waals surface area contributed by atoms with Gasteiger partial charge in [-0.2, -0.15) is 0 Å². The molecule has 1 heterocycles. The second-order valence-electron chi connectivity index (χ2n) is 2.67. The van der Waals surface area contributed by atoms with E-state index in [4.69, 9.17) is 5.73 Å². The number of amides is 1. The summed E-state index contributed by atoms with van der Waals surface area (Å²) < 4.78 is 4.54. The fraction of sp³-hybridized carbons (Fsp3) is 0.714. The number of rotatable bonds is 3. The lowest BCUT2D eigenvalue weighted by molar-refractivity contribution is 0.159. The first-order valence-corrected chi connectivity index (χ1v) is 4.93. The molecule has 0 aromatic heterocycles. The topological polar surface area (TPSA) is 76.7 Å². The minimum atomic E-state index is -0.740. The normalized spacial score (nSPS) is 21.0. The smallest absolute Gasteiger partial charge is 0.404 e. The molecule has 0 fully saturated rings. The minimum Gasteiger partial charge on any atom is -0.448 e. The van der Waals surface area contributed by atoms with Crippen LogP contribution in [-0.2, 0) is 4.74 Å². The highest BCUT2D eigenvalue weighted by Gasteiger charge is 2.13. The zero-order chi connectivity index (χ0) is 9.68. The van der Waals surface area contributed by atoms with Crippen LogP contribution in [0.4, 0.5) is 4.79 Å². The largest absolute Gasteiger partial charge is 0.448 e. The summed E-state index contributed by atoms with van der Waals surface area (Å²) in [5.41, 5.74) is 4.78. The van der Waals surface area contributed by atoms with E-state index in [1.807, 2.05) is 0 Å². The van der Waals surface area contributed by atoms with E-state index in [0.29, 0.717) is 11.8 Å². The molecule has 74 valence electrons. The number of nitrogens with one attached hydrogen (secondary N) is 1. The van der Waals surface area contributed by atoms with E-state index in [1.54, 1.807) is 11.8 Å². The molecular weight excluding hydrogens is 190 g/mol. The Labute approximate surface area is 81.1 Å². The van der Waals surface area contributed by atoms with E-state index < -0.39 is 6.09 Å². The lowest BCUT2D eigenvalue weighted by Gasteiger charge is -2.05. The Bertz CT molecular complexity index is 220. The van der Waals surface area contributed by atoms with Crippen LogP contribution in [0.3, 0.4) is 0 Å². The van der Waals surface area contributed by atoms with E-state index in [-0.39, 0.29) is 6.61 Å². The average molecular weight is 203 g/mol. The number of hydrogen-bond donors (Lipinski definition) is 2. The van der Waals surface area contributed by atoms with Crippen molar-refractivity contribution in [3.63, 3.8) is 0 Å². The van der Waals surface area contributed by atoms with Crippen LogP contribution in [-0.4, -0.2) is 36.2 Å². The highest BCUT2D eigenvalue weighted by molar-refractivity contribution is 8.14. The lowest BCUT2D eigenvalue weighted by Crippen LogP contribution is -2.26. The Morgan fingerprint density at radius 1 is 1.92 bits per heavy atom. The van der Waals surface area contributed by atoms with Gasteiger partial charge in [0.2, 0.25) is 0 Å². The van der Waals surface area contributed by atoms with Gasteiger partial charge in [-0.3, -0.25) is 4.99 Å². The molecule has 0 saturated heterocycles. The minimum absolute atomic E-state index is 0.281. The number of nitrogens with two attached hydrogens (primary N) is 1. The van der Waals surface area contributed by atoms with Crippen LogP contribution in [0.2, 0.25) is 0 Å². The summed E-state index contributed by atoms with van der Waals surface area (Å²) in [5.74, 6) is 0. The van der Waals surface area contributed by atoms with E-state index in [1.165, 1.54) is 0 Å². The van der Waals surface area contributed by atoms with Crippen LogP contribution in [0, 0.1) is 0 Å². The highest BCUT2D eigenvalue weighted by atomic mass is 32.2. The molecule has 0 bridgehead atoms. The number of thioether (sulfide) groups is 1. The molecule has 6 heteroatoms. The predicted molar refractivity (Wildman–Crippen MR) is 52.9 cm³/mol. The number of carbonyl (C=O) groups is 1. The first-order valence-electron chi connectivity index (χ1n) is 4.05. The maximum atomic E-state index is 10.2. The first-order chi connectivity index (χ1) is 6.18. The number of ether oxygens (including phenoxy) is 1. The molecule has 13 heavy (non-hydrogen) atoms. The fourth-order valence-corrected chi connectivity index (χ4v) is 1.75. The summed E-state index contributed by atoms with van der Waals surface area (Å²) in [5, 5.41) is 4.51. The number of hydrogen-bond acceptors (Lipinski definition) is 5. The van der Waals surface area contributed by atoms with Gasteiger partial charge in [0, 0.05) is 5.25 Å². The van der Waals surface area contributed by atoms with Gasteiger partial charge in [-0.15, -0.1) is 0 Å². The van der Waals surface area contributed by atoms with Gasteiger partial charge in [0.05, 0.1) is 13.1 Å². The second kappa shape index (κ2) is 4.96. The van der Waals surface area contributed by atoms with Crippen molar-refractivity contribution >= 4 is 23.0 Å². The summed E-state index contributed by atoms with van der Waals surface area (Å²) >= 11 is 1.69. The molecule has 1 amide bonds. The molecule has 0 aromatic carbocycles. The molecule has 5 nitrogen and oxygen atoms in total. The van der Waals surface area contributed by atoms with Gasteiger partial charge in [0.15, 0.2) is 5.17 Å². The number of nitrogens with zero attached hydrogens (tertiary/aromatic N) is 1. The van der Waals surface area contributed by atoms with Gasteiger partial charge in [0.1, 0.15) is 6.61 Å². The van der Waals surface area contributed by atoms with Gasteiger partial charge in [-0.1, -0.05) is 18.7 Å². The zero-order valence-corrected chi connectivity index (χ0v) is 8.26. The van der Waals surface area contributed by atoms with Crippen LogP contribution in [0.1, 0.15) is 6.92 Å². The maximum Gasteiger partial charge on any atom is 0.404 e. The molecule has 3 N–H and O–H groups in total. The maximum absolute atomic E-state index is 10.2. The van der Waals surface area contributed by atoms with E-state index >= 15 is 0 Å². The van der Waals surface area contributed by atoms with Crippen molar-refractivity contribution in [2.45, 2.75) is 12.2 Å². The Morgan fingerprint density at radius 2 is 2.69 bits per heavy atom. The van der Waals surface area contributed by atoms with E-state index in [0.717, 1.165) is 11.7 Å². The quantitative estimate of drug-likeness (QED) is 0.641. The predicted octanol–water partition coefficient (Wildman–Crippen LogP) is 0.163. The molecule has 1 aliphatic heterocycles. The standard InChI is InChI=1S/C7H13N3O2S/c1-5-4-10-7(13-5)9-2-3-12-6(8)11/h5H,2-4H2,1H3,(H2,8,11)(H,9,10). The van der Waals surface area contributed by atoms with Crippen molar-refractivity contribution in [2.75, 3.05) is 19.7 Å². The number of primary amides is 1. The fourth-order valence-electron chi connectivity index (χ4n) is 0.884. The number of amidine groups is 1. The van der Waals surface area contributed by atoms with Crippen LogP contribution < -0.4 is 11.1 Å². The number of aliphatic imine (C=N–C) groups is 1. The van der Waals surface area contributed by atoms with E-state index in [9.17, 15) is 4.79 Å². The summed E-state index contributed by atoms with van der Waals surface area (Å²) in [6.45, 7) is 3.80. The van der Waals surface area contributed by atoms with Crippen molar-refractivity contribution in [2.24, 2.45) is 10.7 Å². The molecule has 0 radical (unpaired) electrons. The van der Waals surface area contributed by atoms with Crippen molar-refractivity contribution in [3.05, 3.63) is 0 Å². The Hall–Kier alpha value is -0.910. The monoisotopic (exact) mass is 203 g/mol. The molecule has 1 rings (SSSR count). The lowest BCUT2D eigenvalue weighted by atomic mass is 10.5. The van der Waals surface area contributed by atoms with Gasteiger partial charge in [-0.05, 0) is 0 Å². The zero-order valence-electron chi connectivity index (χ0n) is 7.45. The highest BCUT2D eigenvalue weighted by Crippen LogP contribution is 2.17. The van der Waals surface area contributed by atoms with Crippen LogP contribution in [0.5, 0.6) is 0 Å². The summed E-state index contributed by atoms with van der Waals surface area (Å²) in [6.07, 6.45) is -0.740. The SMILES string of the molecule is CC1CN=C(NCCOC(N)=O)S1. The van der Waals surface area contributed by atoms with Gasteiger partial charge in [0.25, 0.3) is 0 Å². The molecular formula is C7H13N3O2S.